The van der Waals surface area contributed by atoms with Gasteiger partial charge in [0.2, 0.25) is 0 Å². The maximum Gasteiger partial charge on any atom is 0.275 e. The van der Waals surface area contributed by atoms with Crippen LogP contribution in [0.15, 0.2) is 59.4 Å². The molecule has 0 aliphatic carbocycles. The Hall–Kier alpha value is -2.59. The molecule has 1 atom stereocenters. The van der Waals surface area contributed by atoms with Crippen LogP contribution in [-0.4, -0.2) is 16.3 Å². The largest absolute Gasteiger partial charge is 0.330 e. The van der Waals surface area contributed by atoms with Gasteiger partial charge in [-0.3, -0.25) is 9.89 Å². The van der Waals surface area contributed by atoms with Crippen molar-refractivity contribution in [3.63, 3.8) is 0 Å². The Kier molecular flexibility index (Phi) is 4.17. The van der Waals surface area contributed by atoms with Gasteiger partial charge >= 0.3 is 0 Å². The van der Waals surface area contributed by atoms with Crippen LogP contribution in [-0.2, 0) is 0 Å². The molecule has 118 valence electrons. The minimum Gasteiger partial charge on any atom is -0.330 e. The molecule has 0 amide bonds. The second-order valence-electron chi connectivity index (χ2n) is 5.83. The number of aryl methyl sites for hydroxylation is 2. The molecule has 0 aliphatic rings. The normalized spacial score (nSPS) is 12.3. The number of nitrogens with one attached hydrogen (secondary N) is 1. The fourth-order valence-corrected chi connectivity index (χ4v) is 2.95. The number of H-pyrrole nitrogens is 1. The number of hydrogen-bond donors (Lipinski definition) is 2. The smallest absolute Gasteiger partial charge is 0.275 e. The molecule has 0 fully saturated rings. The molecule has 1 aromatic heterocycles. The highest BCUT2D eigenvalue weighted by Gasteiger charge is 2.22. The molecule has 0 unspecified atom stereocenters. The summed E-state index contributed by atoms with van der Waals surface area (Å²) in [4.78, 5) is 12.9. The van der Waals surface area contributed by atoms with E-state index in [0.717, 1.165) is 28.1 Å². The van der Waals surface area contributed by atoms with Gasteiger partial charge in [0.25, 0.3) is 5.56 Å². The fraction of sp³-hybridized carbons (Fsp3) is 0.211. The van der Waals surface area contributed by atoms with E-state index >= 15 is 0 Å². The molecule has 0 aliphatic heterocycles. The van der Waals surface area contributed by atoms with Crippen molar-refractivity contribution >= 4 is 0 Å². The van der Waals surface area contributed by atoms with Crippen molar-refractivity contribution in [2.45, 2.75) is 19.8 Å². The molecule has 0 bridgehead atoms. The Bertz CT molecular complexity index is 845. The van der Waals surface area contributed by atoms with E-state index in [4.69, 9.17) is 5.73 Å². The molecular weight excluding hydrogens is 286 g/mol. The highest BCUT2D eigenvalue weighted by Crippen LogP contribution is 2.23. The maximum atomic E-state index is 12.9. The second-order valence-corrected chi connectivity index (χ2v) is 5.83. The summed E-state index contributed by atoms with van der Waals surface area (Å²) in [6.45, 7) is 4.34. The summed E-state index contributed by atoms with van der Waals surface area (Å²) in [5, 5.41) is 3.18. The zero-order valence-electron chi connectivity index (χ0n) is 13.4. The summed E-state index contributed by atoms with van der Waals surface area (Å²) in [6, 6.07) is 17.8. The van der Waals surface area contributed by atoms with E-state index in [2.05, 4.69) is 5.10 Å². The van der Waals surface area contributed by atoms with Crippen molar-refractivity contribution in [3.05, 3.63) is 87.3 Å². The first-order valence-corrected chi connectivity index (χ1v) is 7.75. The maximum absolute atomic E-state index is 12.9. The van der Waals surface area contributed by atoms with Crippen molar-refractivity contribution in [1.29, 1.82) is 0 Å². The van der Waals surface area contributed by atoms with Gasteiger partial charge in [0.15, 0.2) is 0 Å². The van der Waals surface area contributed by atoms with Crippen molar-refractivity contribution in [2.24, 2.45) is 5.73 Å². The van der Waals surface area contributed by atoms with E-state index in [-0.39, 0.29) is 11.5 Å². The van der Waals surface area contributed by atoms with Crippen molar-refractivity contribution in [1.82, 2.24) is 9.78 Å². The number of aromatic nitrogens is 2. The molecular formula is C19H21N3O. The first-order chi connectivity index (χ1) is 11.1. The number of benzene rings is 2. The summed E-state index contributed by atoms with van der Waals surface area (Å²) in [7, 11) is 0. The molecule has 1 heterocycles. The third-order valence-corrected chi connectivity index (χ3v) is 4.20. The Balaban J connectivity index is 2.10. The zero-order chi connectivity index (χ0) is 16.4. The lowest BCUT2D eigenvalue weighted by Gasteiger charge is -2.13. The van der Waals surface area contributed by atoms with Crippen LogP contribution in [0, 0.1) is 13.8 Å². The SMILES string of the molecule is Cc1ccc(-n2[nH]c(C)c([C@H](CN)c3ccccc3)c2=O)cc1. The summed E-state index contributed by atoms with van der Waals surface area (Å²) < 4.78 is 1.59. The van der Waals surface area contributed by atoms with E-state index in [0.29, 0.717) is 6.54 Å². The second kappa shape index (κ2) is 6.26. The Morgan fingerprint density at radius 1 is 1.04 bits per heavy atom. The topological polar surface area (TPSA) is 63.8 Å². The molecule has 3 N–H and O–H groups in total. The highest BCUT2D eigenvalue weighted by molar-refractivity contribution is 5.39. The quantitative estimate of drug-likeness (QED) is 0.778. The molecule has 4 heteroatoms. The average molecular weight is 307 g/mol. The van der Waals surface area contributed by atoms with Crippen molar-refractivity contribution in [3.8, 4) is 5.69 Å². The van der Waals surface area contributed by atoms with Crippen LogP contribution in [0.25, 0.3) is 5.69 Å². The minimum absolute atomic E-state index is 0.0364. The van der Waals surface area contributed by atoms with E-state index in [9.17, 15) is 4.79 Å². The summed E-state index contributed by atoms with van der Waals surface area (Å²) in [5.41, 5.74) is 10.6. The van der Waals surface area contributed by atoms with Gasteiger partial charge in [0, 0.05) is 23.7 Å². The molecule has 2 aromatic carbocycles. The molecule has 3 rings (SSSR count). The van der Waals surface area contributed by atoms with Gasteiger partial charge in [-0.25, -0.2) is 4.68 Å². The van der Waals surface area contributed by atoms with Gasteiger partial charge in [0.1, 0.15) is 0 Å². The van der Waals surface area contributed by atoms with Crippen LogP contribution < -0.4 is 11.3 Å². The summed E-state index contributed by atoms with van der Waals surface area (Å²) in [6.07, 6.45) is 0. The predicted molar refractivity (Wildman–Crippen MR) is 93.2 cm³/mol. The van der Waals surface area contributed by atoms with Gasteiger partial charge in [0.05, 0.1) is 5.69 Å². The lowest BCUT2D eigenvalue weighted by Crippen LogP contribution is -2.24. The van der Waals surface area contributed by atoms with Crippen LogP contribution in [0.4, 0.5) is 0 Å². The van der Waals surface area contributed by atoms with Gasteiger partial charge in [-0.2, -0.15) is 0 Å². The van der Waals surface area contributed by atoms with E-state index in [1.165, 1.54) is 0 Å². The molecule has 0 spiro atoms. The summed E-state index contributed by atoms with van der Waals surface area (Å²) in [5.74, 6) is -0.105. The standard InChI is InChI=1S/C19H21N3O/c1-13-8-10-16(11-9-13)22-19(23)18(14(2)21-22)17(12-20)15-6-4-3-5-7-15/h3-11,17,21H,12,20H2,1-2H3/t17-/m1/s1. The lowest BCUT2D eigenvalue weighted by atomic mass is 9.92. The lowest BCUT2D eigenvalue weighted by molar-refractivity contribution is 0.800. The molecule has 0 saturated heterocycles. The Morgan fingerprint density at radius 2 is 1.70 bits per heavy atom. The fourth-order valence-electron chi connectivity index (χ4n) is 2.95. The molecule has 4 nitrogen and oxygen atoms in total. The number of nitrogens with two attached hydrogens (primary N) is 1. The molecule has 3 aromatic rings. The number of aromatic amines is 1. The predicted octanol–water partition coefficient (Wildman–Crippen LogP) is 2.87. The third kappa shape index (κ3) is 2.85. The van der Waals surface area contributed by atoms with Crippen LogP contribution in [0.1, 0.15) is 28.3 Å². The summed E-state index contributed by atoms with van der Waals surface area (Å²) >= 11 is 0. The Labute approximate surface area is 135 Å². The first-order valence-electron chi connectivity index (χ1n) is 7.75. The van der Waals surface area contributed by atoms with Crippen molar-refractivity contribution < 1.29 is 0 Å². The van der Waals surface area contributed by atoms with Crippen molar-refractivity contribution in [2.75, 3.05) is 6.54 Å². The Morgan fingerprint density at radius 3 is 2.30 bits per heavy atom. The minimum atomic E-state index is -0.105. The zero-order valence-corrected chi connectivity index (χ0v) is 13.4. The van der Waals surface area contributed by atoms with Gasteiger partial charge in [-0.15, -0.1) is 0 Å². The number of hydrogen-bond acceptors (Lipinski definition) is 2. The third-order valence-electron chi connectivity index (χ3n) is 4.20. The van der Waals surface area contributed by atoms with Crippen LogP contribution in [0.5, 0.6) is 0 Å². The monoisotopic (exact) mass is 307 g/mol. The first kappa shape index (κ1) is 15.3. The number of nitrogens with zero attached hydrogens (tertiary/aromatic N) is 1. The van der Waals surface area contributed by atoms with E-state index in [1.807, 2.05) is 68.4 Å². The van der Waals surface area contributed by atoms with Crippen LogP contribution >= 0.6 is 0 Å². The molecule has 0 radical (unpaired) electrons. The molecule has 0 saturated carbocycles. The van der Waals surface area contributed by atoms with Crippen LogP contribution in [0.2, 0.25) is 0 Å². The molecule has 23 heavy (non-hydrogen) atoms. The highest BCUT2D eigenvalue weighted by atomic mass is 16.1. The van der Waals surface area contributed by atoms with Gasteiger partial charge < -0.3 is 5.73 Å². The number of rotatable bonds is 4. The van der Waals surface area contributed by atoms with Crippen LogP contribution in [0.3, 0.4) is 0 Å². The average Bonchev–Trinajstić information content (AvgIpc) is 2.86. The van der Waals surface area contributed by atoms with E-state index < -0.39 is 0 Å². The van der Waals surface area contributed by atoms with Gasteiger partial charge in [-0.05, 0) is 31.5 Å². The van der Waals surface area contributed by atoms with Gasteiger partial charge in [-0.1, -0.05) is 48.0 Å². The van der Waals surface area contributed by atoms with E-state index in [1.54, 1.807) is 4.68 Å².